The highest BCUT2D eigenvalue weighted by Crippen LogP contribution is 2.79. The van der Waals surface area contributed by atoms with Gasteiger partial charge >= 0.3 is 0 Å². The van der Waals surface area contributed by atoms with Crippen molar-refractivity contribution >= 4 is 92.8 Å². The predicted molar refractivity (Wildman–Crippen MR) is 81.2 cm³/mol. The molecule has 0 aliphatic heterocycles. The third kappa shape index (κ3) is 1.28. The second-order valence-corrected chi connectivity index (χ2v) is 9.29. The van der Waals surface area contributed by atoms with Gasteiger partial charge in [-0.1, -0.05) is 46.4 Å². The molecule has 3 rings (SSSR count). The second kappa shape index (κ2) is 4.07. The van der Waals surface area contributed by atoms with Gasteiger partial charge < -0.3 is 0 Å². The van der Waals surface area contributed by atoms with Gasteiger partial charge in [0.2, 0.25) is 0 Å². The van der Waals surface area contributed by atoms with E-state index in [1.165, 1.54) is 0 Å². The lowest BCUT2D eigenvalue weighted by Crippen LogP contribution is -2.47. The molecule has 8 heteroatoms. The summed E-state index contributed by atoms with van der Waals surface area (Å²) in [4.78, 5) is -2.50. The lowest BCUT2D eigenvalue weighted by atomic mass is 9.84. The first-order valence-electron chi connectivity index (χ1n) is 5.21. The van der Waals surface area contributed by atoms with E-state index in [0.29, 0.717) is 6.42 Å². The van der Waals surface area contributed by atoms with Crippen molar-refractivity contribution < 1.29 is 0 Å². The zero-order valence-corrected chi connectivity index (χ0v) is 14.6. The second-order valence-electron chi connectivity index (χ2n) is 4.95. The monoisotopic (exact) mass is 406 g/mol. The highest BCUT2D eigenvalue weighted by molar-refractivity contribution is 6.66. The van der Waals surface area contributed by atoms with Gasteiger partial charge in [0.25, 0.3) is 0 Å². The summed E-state index contributed by atoms with van der Waals surface area (Å²) < 4.78 is -1.50. The minimum atomic E-state index is -1.50. The molecule has 102 valence electrons. The van der Waals surface area contributed by atoms with Crippen molar-refractivity contribution in [2.45, 2.75) is 31.3 Å². The van der Waals surface area contributed by atoms with E-state index in [2.05, 4.69) is 0 Å². The molecule has 6 atom stereocenters. The molecule has 2 saturated carbocycles. The molecule has 3 aliphatic rings. The van der Waals surface area contributed by atoms with Crippen LogP contribution in [-0.4, -0.2) is 24.8 Å². The topological polar surface area (TPSA) is 0 Å². The van der Waals surface area contributed by atoms with E-state index in [9.17, 15) is 0 Å². The van der Waals surface area contributed by atoms with E-state index in [-0.39, 0.29) is 27.3 Å². The van der Waals surface area contributed by atoms with Gasteiger partial charge in [0.15, 0.2) is 4.33 Å². The van der Waals surface area contributed by atoms with E-state index in [1.54, 1.807) is 0 Å². The van der Waals surface area contributed by atoms with E-state index in [1.807, 2.05) is 0 Å². The molecule has 0 aromatic rings. The molecular formula is C10H6Cl8. The van der Waals surface area contributed by atoms with Crippen molar-refractivity contribution in [3.05, 3.63) is 10.1 Å². The Bertz CT molecular complexity index is 459. The van der Waals surface area contributed by atoms with Crippen LogP contribution in [0, 0.1) is 11.8 Å². The quantitative estimate of drug-likeness (QED) is 0.451. The van der Waals surface area contributed by atoms with Crippen molar-refractivity contribution in [2.24, 2.45) is 11.8 Å². The summed E-state index contributed by atoms with van der Waals surface area (Å²) in [6, 6.07) is 0. The smallest absolute Gasteiger partial charge is 0.121 e. The minimum Gasteiger partial charge on any atom is -0.121 e. The molecule has 0 amide bonds. The Hall–Kier alpha value is 2.06. The molecule has 3 aliphatic carbocycles. The normalized spacial score (nSPS) is 57.3. The zero-order chi connectivity index (χ0) is 13.7. The van der Waals surface area contributed by atoms with Gasteiger partial charge in [0.1, 0.15) is 9.75 Å². The van der Waals surface area contributed by atoms with Crippen LogP contribution in [0.2, 0.25) is 0 Å². The number of alkyl halides is 6. The Labute approximate surface area is 145 Å². The van der Waals surface area contributed by atoms with Crippen molar-refractivity contribution in [1.82, 2.24) is 0 Å². The van der Waals surface area contributed by atoms with Crippen LogP contribution in [0.1, 0.15) is 6.42 Å². The molecule has 0 spiro atoms. The third-order valence-corrected chi connectivity index (χ3v) is 9.79. The van der Waals surface area contributed by atoms with Gasteiger partial charge in [-0.2, -0.15) is 0 Å². The first kappa shape index (κ1) is 15.0. The highest BCUT2D eigenvalue weighted by atomic mass is 35.5. The lowest BCUT2D eigenvalue weighted by Gasteiger charge is -2.35. The van der Waals surface area contributed by atoms with Crippen LogP contribution in [0.3, 0.4) is 0 Å². The minimum absolute atomic E-state index is 0.184. The van der Waals surface area contributed by atoms with Gasteiger partial charge in [0.05, 0.1) is 20.8 Å². The molecule has 0 unspecified atom stereocenters. The summed E-state index contributed by atoms with van der Waals surface area (Å²) >= 11 is 51.0. The van der Waals surface area contributed by atoms with Gasteiger partial charge in [-0.05, 0) is 12.3 Å². The molecule has 0 N–H and O–H groups in total. The first-order valence-corrected chi connectivity index (χ1v) is 8.35. The third-order valence-electron chi connectivity index (χ3n) is 4.32. The molecule has 0 saturated heterocycles. The Morgan fingerprint density at radius 2 is 1.39 bits per heavy atom. The summed E-state index contributed by atoms with van der Waals surface area (Å²) in [5, 5.41) is -0.259. The summed E-state index contributed by atoms with van der Waals surface area (Å²) in [6.07, 6.45) is 0.555. The molecular weight excluding hydrogens is 404 g/mol. The molecule has 0 nitrogen and oxygen atoms in total. The Kier molecular flexibility index (Phi) is 3.39. The highest BCUT2D eigenvalue weighted by Gasteiger charge is 2.84. The van der Waals surface area contributed by atoms with Crippen LogP contribution in [0.5, 0.6) is 0 Å². The average Bonchev–Trinajstić information content (AvgIpc) is 2.69. The molecule has 18 heavy (non-hydrogen) atoms. The summed E-state index contributed by atoms with van der Waals surface area (Å²) in [7, 11) is 0. The van der Waals surface area contributed by atoms with Gasteiger partial charge in [-0.15, -0.1) is 46.4 Å². The Morgan fingerprint density at radius 3 is 1.94 bits per heavy atom. The number of allylic oxidation sites excluding steroid dienone is 2. The fourth-order valence-electron chi connectivity index (χ4n) is 3.48. The molecule has 0 aromatic carbocycles. The number of hydrogen-bond acceptors (Lipinski definition) is 0. The fourth-order valence-corrected chi connectivity index (χ4v) is 7.46. The zero-order valence-electron chi connectivity index (χ0n) is 8.54. The summed E-state index contributed by atoms with van der Waals surface area (Å²) in [5.41, 5.74) is 0. The number of hydrogen-bond donors (Lipinski definition) is 0. The van der Waals surface area contributed by atoms with E-state index < -0.39 is 19.5 Å². The van der Waals surface area contributed by atoms with Gasteiger partial charge in [0, 0.05) is 5.92 Å². The summed E-state index contributed by atoms with van der Waals surface area (Å²) in [6.45, 7) is 0. The van der Waals surface area contributed by atoms with E-state index >= 15 is 0 Å². The van der Waals surface area contributed by atoms with Crippen LogP contribution in [-0.2, 0) is 0 Å². The average molecular weight is 410 g/mol. The fraction of sp³-hybridized carbons (Fsp3) is 0.800. The van der Waals surface area contributed by atoms with Crippen LogP contribution in [0.25, 0.3) is 0 Å². The maximum absolute atomic E-state index is 6.62. The van der Waals surface area contributed by atoms with Crippen LogP contribution >= 0.6 is 92.8 Å². The first-order chi connectivity index (χ1) is 8.11. The Morgan fingerprint density at radius 1 is 0.889 bits per heavy atom. The molecule has 2 bridgehead atoms. The lowest BCUT2D eigenvalue weighted by molar-refractivity contribution is 0.385. The van der Waals surface area contributed by atoms with Crippen molar-refractivity contribution in [3.63, 3.8) is 0 Å². The number of halogens is 8. The molecule has 2 fully saturated rings. The number of fused-ring (bicyclic) bond motifs is 5. The standard InChI is InChI=1S/C10H6Cl8/c11-3-1-2-4(5(3)12)9(16)7(14)6(13)8(2,15)10(9,17)18/h2-5H,1H2/t2-,3-,4-,5+,8-,9+/m0/s1. The van der Waals surface area contributed by atoms with Crippen LogP contribution in [0.15, 0.2) is 10.1 Å². The van der Waals surface area contributed by atoms with Crippen LogP contribution in [0.4, 0.5) is 0 Å². The molecule has 0 aromatic heterocycles. The van der Waals surface area contributed by atoms with E-state index in [0.717, 1.165) is 0 Å². The van der Waals surface area contributed by atoms with Crippen LogP contribution < -0.4 is 0 Å². The van der Waals surface area contributed by atoms with Crippen molar-refractivity contribution in [3.8, 4) is 0 Å². The largest absolute Gasteiger partial charge is 0.166 e. The Balaban J connectivity index is 2.26. The van der Waals surface area contributed by atoms with Gasteiger partial charge in [-0.3, -0.25) is 0 Å². The van der Waals surface area contributed by atoms with Crippen molar-refractivity contribution in [1.29, 1.82) is 0 Å². The maximum Gasteiger partial charge on any atom is 0.166 e. The van der Waals surface area contributed by atoms with Crippen molar-refractivity contribution in [2.75, 3.05) is 0 Å². The summed E-state index contributed by atoms with van der Waals surface area (Å²) in [5.74, 6) is -0.488. The van der Waals surface area contributed by atoms with Gasteiger partial charge in [-0.25, -0.2) is 0 Å². The maximum atomic E-state index is 6.62. The number of rotatable bonds is 0. The SMILES string of the molecule is ClC1=C(Cl)[C@]2(Cl)[C@@H]3[C@H](Cl)[C@@H](Cl)C[C@@H]3[C@@]1(Cl)C2(Cl)Cl. The molecule has 0 radical (unpaired) electrons. The molecule has 0 heterocycles. The van der Waals surface area contributed by atoms with E-state index in [4.69, 9.17) is 92.8 Å². The predicted octanol–water partition coefficient (Wildman–Crippen LogP) is 5.68.